The average molecular weight is 392 g/mol. The maximum atomic E-state index is 6.02. The van der Waals surface area contributed by atoms with Gasteiger partial charge in [0.1, 0.15) is 12.3 Å². The van der Waals surface area contributed by atoms with Crippen LogP contribution in [0.25, 0.3) is 5.69 Å². The van der Waals surface area contributed by atoms with Gasteiger partial charge in [-0.1, -0.05) is 5.21 Å². The van der Waals surface area contributed by atoms with Crippen molar-refractivity contribution in [2.75, 3.05) is 19.8 Å². The number of ether oxygens (including phenoxy) is 2. The van der Waals surface area contributed by atoms with E-state index in [1.165, 1.54) is 11.1 Å². The Hall–Kier alpha value is -2.84. The number of aryl methyl sites for hydroxylation is 2. The quantitative estimate of drug-likeness (QED) is 0.657. The fourth-order valence-electron chi connectivity index (χ4n) is 3.74. The summed E-state index contributed by atoms with van der Waals surface area (Å²) < 4.78 is 13.1. The largest absolute Gasteiger partial charge is 0.471 e. The van der Waals surface area contributed by atoms with Gasteiger partial charge >= 0.3 is 0 Å². The van der Waals surface area contributed by atoms with Crippen LogP contribution in [0.1, 0.15) is 28.2 Å². The van der Waals surface area contributed by atoms with Gasteiger partial charge in [0.05, 0.1) is 36.8 Å². The Labute approximate surface area is 169 Å². The molecule has 0 aliphatic carbocycles. The molecule has 2 aliphatic heterocycles. The van der Waals surface area contributed by atoms with Crippen molar-refractivity contribution in [1.82, 2.24) is 29.9 Å². The molecule has 0 bridgehead atoms. The topological polar surface area (TPSA) is 78.2 Å². The summed E-state index contributed by atoms with van der Waals surface area (Å²) in [5, 5.41) is 8.45. The molecule has 5 heterocycles. The maximum Gasteiger partial charge on any atom is 0.213 e. The third kappa shape index (κ3) is 3.61. The summed E-state index contributed by atoms with van der Waals surface area (Å²) in [4.78, 5) is 11.4. The Balaban J connectivity index is 1.30. The van der Waals surface area contributed by atoms with Crippen LogP contribution in [-0.4, -0.2) is 55.7 Å². The summed E-state index contributed by atoms with van der Waals surface area (Å²) in [6.07, 6.45) is 4.75. The molecule has 1 saturated heterocycles. The molecule has 0 atom stereocenters. The minimum Gasteiger partial charge on any atom is -0.471 e. The number of fused-ring (bicyclic) bond motifs is 1. The van der Waals surface area contributed by atoms with Gasteiger partial charge in [-0.25, -0.2) is 9.67 Å². The predicted octanol–water partition coefficient (Wildman–Crippen LogP) is 2.01. The lowest BCUT2D eigenvalue weighted by molar-refractivity contribution is -0.0695. The Morgan fingerprint density at radius 1 is 1.14 bits per heavy atom. The van der Waals surface area contributed by atoms with Crippen LogP contribution in [0.15, 0.2) is 30.6 Å². The van der Waals surface area contributed by atoms with Crippen molar-refractivity contribution in [3.8, 4) is 11.6 Å². The smallest absolute Gasteiger partial charge is 0.213 e. The normalized spacial score (nSPS) is 17.0. The second-order valence-corrected chi connectivity index (χ2v) is 7.68. The standard InChI is InChI=1S/C21H24N6O2/c1-14-3-4-18(9-22-14)27-20(15(2)24-25-27)13-29-21-7-16-5-6-26(19-11-28-12-19)10-17(16)8-23-21/h3-4,7-9,19H,5-6,10-13H2,1-2H3. The van der Waals surface area contributed by atoms with Crippen molar-refractivity contribution >= 4 is 0 Å². The van der Waals surface area contributed by atoms with Gasteiger partial charge in [-0.3, -0.25) is 9.88 Å². The monoisotopic (exact) mass is 392 g/mol. The zero-order chi connectivity index (χ0) is 19.8. The highest BCUT2D eigenvalue weighted by Crippen LogP contribution is 2.25. The van der Waals surface area contributed by atoms with Crippen molar-refractivity contribution in [3.05, 3.63) is 58.8 Å². The van der Waals surface area contributed by atoms with Gasteiger partial charge in [0.15, 0.2) is 0 Å². The van der Waals surface area contributed by atoms with Crippen LogP contribution in [0, 0.1) is 13.8 Å². The molecule has 8 nitrogen and oxygen atoms in total. The van der Waals surface area contributed by atoms with Gasteiger partial charge in [0.2, 0.25) is 5.88 Å². The number of rotatable bonds is 5. The number of hydrogen-bond acceptors (Lipinski definition) is 7. The van der Waals surface area contributed by atoms with Crippen LogP contribution in [0.5, 0.6) is 5.88 Å². The molecular weight excluding hydrogens is 368 g/mol. The molecular formula is C21H24N6O2. The molecule has 0 saturated carbocycles. The van der Waals surface area contributed by atoms with E-state index < -0.39 is 0 Å². The van der Waals surface area contributed by atoms with E-state index in [0.717, 1.165) is 55.5 Å². The molecule has 1 fully saturated rings. The highest BCUT2D eigenvalue weighted by Gasteiger charge is 2.29. The first-order valence-electron chi connectivity index (χ1n) is 9.94. The van der Waals surface area contributed by atoms with Gasteiger partial charge in [0, 0.05) is 31.0 Å². The Morgan fingerprint density at radius 3 is 2.79 bits per heavy atom. The van der Waals surface area contributed by atoms with Crippen LogP contribution >= 0.6 is 0 Å². The van der Waals surface area contributed by atoms with Crippen molar-refractivity contribution in [1.29, 1.82) is 0 Å². The van der Waals surface area contributed by atoms with E-state index in [0.29, 0.717) is 18.5 Å². The molecule has 0 radical (unpaired) electrons. The summed E-state index contributed by atoms with van der Waals surface area (Å²) in [6, 6.07) is 6.57. The Bertz CT molecular complexity index is 1010. The fourth-order valence-corrected chi connectivity index (χ4v) is 3.74. The van der Waals surface area contributed by atoms with Crippen molar-refractivity contribution in [2.45, 2.75) is 39.5 Å². The summed E-state index contributed by atoms with van der Waals surface area (Å²) in [5.74, 6) is 0.637. The molecule has 8 heteroatoms. The van der Waals surface area contributed by atoms with Gasteiger partial charge in [-0.15, -0.1) is 5.10 Å². The highest BCUT2D eigenvalue weighted by atomic mass is 16.5. The summed E-state index contributed by atoms with van der Waals surface area (Å²) in [6.45, 7) is 7.94. The van der Waals surface area contributed by atoms with Crippen molar-refractivity contribution in [2.24, 2.45) is 0 Å². The zero-order valence-electron chi connectivity index (χ0n) is 16.7. The minimum absolute atomic E-state index is 0.351. The highest BCUT2D eigenvalue weighted by molar-refractivity contribution is 5.33. The van der Waals surface area contributed by atoms with E-state index in [-0.39, 0.29) is 0 Å². The molecule has 150 valence electrons. The summed E-state index contributed by atoms with van der Waals surface area (Å²) in [7, 11) is 0. The first-order valence-corrected chi connectivity index (χ1v) is 9.94. The molecule has 5 rings (SSSR count). The van der Waals surface area contributed by atoms with E-state index in [9.17, 15) is 0 Å². The van der Waals surface area contributed by atoms with E-state index in [2.05, 4.69) is 31.2 Å². The van der Waals surface area contributed by atoms with Gasteiger partial charge in [-0.05, 0) is 43.5 Å². The van der Waals surface area contributed by atoms with Gasteiger partial charge in [-0.2, -0.15) is 0 Å². The van der Waals surface area contributed by atoms with E-state index in [1.54, 1.807) is 10.9 Å². The lowest BCUT2D eigenvalue weighted by Gasteiger charge is -2.39. The molecule has 0 amide bonds. The molecule has 3 aromatic heterocycles. The predicted molar refractivity (Wildman–Crippen MR) is 106 cm³/mol. The molecule has 0 spiro atoms. The molecule has 0 aromatic carbocycles. The van der Waals surface area contributed by atoms with Crippen LogP contribution in [0.4, 0.5) is 0 Å². The van der Waals surface area contributed by atoms with Crippen molar-refractivity contribution < 1.29 is 9.47 Å². The third-order valence-electron chi connectivity index (χ3n) is 5.69. The van der Waals surface area contributed by atoms with Crippen LogP contribution in [-0.2, 0) is 24.3 Å². The van der Waals surface area contributed by atoms with E-state index >= 15 is 0 Å². The third-order valence-corrected chi connectivity index (χ3v) is 5.69. The minimum atomic E-state index is 0.351. The zero-order valence-corrected chi connectivity index (χ0v) is 16.7. The number of pyridine rings is 2. The number of nitrogens with zero attached hydrogens (tertiary/aromatic N) is 6. The van der Waals surface area contributed by atoms with E-state index in [1.807, 2.05) is 32.2 Å². The van der Waals surface area contributed by atoms with Crippen LogP contribution < -0.4 is 4.74 Å². The Morgan fingerprint density at radius 2 is 2.03 bits per heavy atom. The fraction of sp³-hybridized carbons (Fsp3) is 0.429. The maximum absolute atomic E-state index is 6.02. The number of hydrogen-bond donors (Lipinski definition) is 0. The molecule has 0 unspecified atom stereocenters. The van der Waals surface area contributed by atoms with E-state index in [4.69, 9.17) is 9.47 Å². The van der Waals surface area contributed by atoms with Gasteiger partial charge in [0.25, 0.3) is 0 Å². The lowest BCUT2D eigenvalue weighted by atomic mass is 10.00. The molecule has 0 N–H and O–H groups in total. The Kier molecular flexibility index (Phi) is 4.73. The summed E-state index contributed by atoms with van der Waals surface area (Å²) in [5.41, 5.74) is 6.16. The molecule has 2 aliphatic rings. The van der Waals surface area contributed by atoms with Gasteiger partial charge < -0.3 is 9.47 Å². The SMILES string of the molecule is Cc1ccc(-n2nnc(C)c2COc2cc3c(cn2)CN(C2COC2)CC3)cn1. The average Bonchev–Trinajstić information content (AvgIpc) is 3.06. The molecule has 29 heavy (non-hydrogen) atoms. The first kappa shape index (κ1) is 18.2. The second-order valence-electron chi connectivity index (χ2n) is 7.68. The lowest BCUT2D eigenvalue weighted by Crippen LogP contribution is -2.50. The first-order chi connectivity index (χ1) is 14.2. The second kappa shape index (κ2) is 7.53. The van der Waals surface area contributed by atoms with Crippen LogP contribution in [0.3, 0.4) is 0 Å². The summed E-state index contributed by atoms with van der Waals surface area (Å²) >= 11 is 0. The molecule has 3 aromatic rings. The van der Waals surface area contributed by atoms with Crippen molar-refractivity contribution in [3.63, 3.8) is 0 Å². The van der Waals surface area contributed by atoms with Crippen LogP contribution in [0.2, 0.25) is 0 Å². The number of aromatic nitrogens is 5.